The maximum atomic E-state index is 11.8. The highest BCUT2D eigenvalue weighted by Crippen LogP contribution is 2.26. The lowest BCUT2D eigenvalue weighted by Crippen LogP contribution is -2.65. The second-order valence-corrected chi connectivity index (χ2v) is 6.00. The molecule has 2 heterocycles. The molecule has 2 fully saturated rings. The fourth-order valence-corrected chi connectivity index (χ4v) is 3.17. The van der Waals surface area contributed by atoms with Gasteiger partial charge in [0.1, 0.15) is 6.07 Å². The topological polar surface area (TPSA) is 76.4 Å². The van der Waals surface area contributed by atoms with E-state index in [0.717, 1.165) is 10.2 Å². The Morgan fingerprint density at radius 2 is 2.14 bits per heavy atom. The Morgan fingerprint density at radius 3 is 2.90 bits per heavy atom. The van der Waals surface area contributed by atoms with Crippen LogP contribution in [-0.2, 0) is 9.59 Å². The molecule has 2 aliphatic rings. The molecule has 1 N–H and O–H groups in total. The zero-order valence-electron chi connectivity index (χ0n) is 11.2. The number of halogens is 1. The first kappa shape index (κ1) is 13.9. The number of nitrogens with zero attached hydrogens (tertiary/aromatic N) is 3. The van der Waals surface area contributed by atoms with Crippen LogP contribution in [0.2, 0.25) is 0 Å². The molecule has 6 nitrogen and oxygen atoms in total. The third-order valence-corrected chi connectivity index (χ3v) is 4.35. The molecule has 2 saturated heterocycles. The minimum absolute atomic E-state index is 0.0425. The summed E-state index contributed by atoms with van der Waals surface area (Å²) in [4.78, 5) is 26.9. The van der Waals surface area contributed by atoms with Crippen molar-refractivity contribution in [3.63, 3.8) is 0 Å². The van der Waals surface area contributed by atoms with Crippen LogP contribution < -0.4 is 10.2 Å². The van der Waals surface area contributed by atoms with Gasteiger partial charge in [-0.05, 0) is 18.2 Å². The van der Waals surface area contributed by atoms with Crippen LogP contribution in [0.25, 0.3) is 0 Å². The van der Waals surface area contributed by atoms with Gasteiger partial charge in [0.15, 0.2) is 0 Å². The van der Waals surface area contributed by atoms with Gasteiger partial charge >= 0.3 is 11.8 Å². The summed E-state index contributed by atoms with van der Waals surface area (Å²) in [6.07, 6.45) is 0. The Bertz CT molecular complexity index is 655. The van der Waals surface area contributed by atoms with E-state index in [1.165, 1.54) is 0 Å². The van der Waals surface area contributed by atoms with Crippen molar-refractivity contribution < 1.29 is 9.59 Å². The van der Waals surface area contributed by atoms with Crippen LogP contribution >= 0.6 is 15.9 Å². The fourth-order valence-electron chi connectivity index (χ4n) is 2.81. The molecule has 108 valence electrons. The molecule has 1 unspecified atom stereocenters. The van der Waals surface area contributed by atoms with Crippen LogP contribution in [0.3, 0.4) is 0 Å². The Kier molecular flexibility index (Phi) is 3.55. The highest BCUT2D eigenvalue weighted by molar-refractivity contribution is 9.10. The minimum atomic E-state index is -0.527. The average molecular weight is 349 g/mol. The van der Waals surface area contributed by atoms with Gasteiger partial charge in [-0.15, -0.1) is 0 Å². The SMILES string of the molecule is N#Cc1cc(Br)ccc1N1CCN2C(=O)C(=O)NCC2C1. The van der Waals surface area contributed by atoms with Crippen LogP contribution in [0.15, 0.2) is 22.7 Å². The molecular weight excluding hydrogens is 336 g/mol. The van der Waals surface area contributed by atoms with E-state index < -0.39 is 11.8 Å². The average Bonchev–Trinajstić information content (AvgIpc) is 2.50. The molecule has 0 aliphatic carbocycles. The van der Waals surface area contributed by atoms with E-state index in [1.54, 1.807) is 11.0 Å². The number of nitriles is 1. The predicted octanol–water partition coefficient (Wildman–Crippen LogP) is 0.468. The van der Waals surface area contributed by atoms with Crippen LogP contribution in [0, 0.1) is 11.3 Å². The van der Waals surface area contributed by atoms with Crippen LogP contribution in [0.1, 0.15) is 5.56 Å². The summed E-state index contributed by atoms with van der Waals surface area (Å²) in [7, 11) is 0. The summed E-state index contributed by atoms with van der Waals surface area (Å²) in [5.74, 6) is -0.983. The number of carbonyl (C=O) groups is 2. The predicted molar refractivity (Wildman–Crippen MR) is 79.6 cm³/mol. The van der Waals surface area contributed by atoms with Gasteiger partial charge < -0.3 is 15.1 Å². The summed E-state index contributed by atoms with van der Waals surface area (Å²) in [6.45, 7) is 2.19. The molecule has 1 aromatic rings. The fraction of sp³-hybridized carbons (Fsp3) is 0.357. The second kappa shape index (κ2) is 5.37. The zero-order chi connectivity index (χ0) is 15.0. The molecule has 2 aliphatic heterocycles. The molecule has 21 heavy (non-hydrogen) atoms. The summed E-state index contributed by atoms with van der Waals surface area (Å²) >= 11 is 3.36. The molecule has 3 rings (SSSR count). The first-order valence-electron chi connectivity index (χ1n) is 6.63. The number of carbonyl (C=O) groups excluding carboxylic acids is 2. The van der Waals surface area contributed by atoms with E-state index >= 15 is 0 Å². The number of hydrogen-bond acceptors (Lipinski definition) is 4. The number of hydrogen-bond donors (Lipinski definition) is 1. The standard InChI is InChI=1S/C14H13BrN4O2/c15-10-1-2-12(9(5-10)6-16)18-3-4-19-11(8-18)7-17-13(20)14(19)21/h1-2,5,11H,3-4,7-8H2,(H,17,20). The molecule has 1 aromatic carbocycles. The van der Waals surface area contributed by atoms with Crippen molar-refractivity contribution in [3.05, 3.63) is 28.2 Å². The number of nitrogens with one attached hydrogen (secondary N) is 1. The smallest absolute Gasteiger partial charge is 0.312 e. The maximum absolute atomic E-state index is 11.8. The molecule has 7 heteroatoms. The third kappa shape index (κ3) is 2.47. The largest absolute Gasteiger partial charge is 0.367 e. The normalized spacial score (nSPS) is 21.6. The van der Waals surface area contributed by atoms with E-state index in [1.807, 2.05) is 12.1 Å². The van der Waals surface area contributed by atoms with Crippen molar-refractivity contribution in [2.75, 3.05) is 31.1 Å². The van der Waals surface area contributed by atoms with Gasteiger partial charge in [-0.1, -0.05) is 15.9 Å². The Morgan fingerprint density at radius 1 is 1.33 bits per heavy atom. The van der Waals surface area contributed by atoms with Crippen molar-refractivity contribution in [2.24, 2.45) is 0 Å². The van der Waals surface area contributed by atoms with Gasteiger partial charge in [0.2, 0.25) is 0 Å². The quantitative estimate of drug-likeness (QED) is 0.748. The number of fused-ring (bicyclic) bond motifs is 1. The molecule has 0 radical (unpaired) electrons. The van der Waals surface area contributed by atoms with Crippen molar-refractivity contribution in [1.29, 1.82) is 5.26 Å². The van der Waals surface area contributed by atoms with Crippen molar-refractivity contribution in [2.45, 2.75) is 6.04 Å². The van der Waals surface area contributed by atoms with Crippen molar-refractivity contribution >= 4 is 33.4 Å². The number of piperazine rings is 2. The summed E-state index contributed by atoms with van der Waals surface area (Å²) in [6, 6.07) is 7.75. The van der Waals surface area contributed by atoms with Gasteiger partial charge in [0.05, 0.1) is 17.3 Å². The highest BCUT2D eigenvalue weighted by atomic mass is 79.9. The molecule has 2 amide bonds. The van der Waals surface area contributed by atoms with Crippen LogP contribution in [0.5, 0.6) is 0 Å². The van der Waals surface area contributed by atoms with Gasteiger partial charge in [-0.2, -0.15) is 5.26 Å². The summed E-state index contributed by atoms with van der Waals surface area (Å²) < 4.78 is 0.863. The third-order valence-electron chi connectivity index (χ3n) is 3.86. The lowest BCUT2D eigenvalue weighted by Gasteiger charge is -2.44. The molecule has 0 bridgehead atoms. The molecule has 0 saturated carbocycles. The summed E-state index contributed by atoms with van der Waals surface area (Å²) in [5, 5.41) is 11.9. The van der Waals surface area contributed by atoms with E-state index in [9.17, 15) is 14.9 Å². The van der Waals surface area contributed by atoms with Crippen LogP contribution in [0.4, 0.5) is 5.69 Å². The molecule has 0 spiro atoms. The maximum Gasteiger partial charge on any atom is 0.312 e. The van der Waals surface area contributed by atoms with Crippen molar-refractivity contribution in [3.8, 4) is 6.07 Å². The van der Waals surface area contributed by atoms with E-state index in [2.05, 4.69) is 32.2 Å². The van der Waals surface area contributed by atoms with E-state index in [0.29, 0.717) is 31.7 Å². The number of rotatable bonds is 1. The second-order valence-electron chi connectivity index (χ2n) is 5.08. The number of benzene rings is 1. The Balaban J connectivity index is 1.83. The lowest BCUT2D eigenvalue weighted by molar-refractivity contribution is -0.150. The highest BCUT2D eigenvalue weighted by Gasteiger charge is 2.37. The monoisotopic (exact) mass is 348 g/mol. The lowest BCUT2D eigenvalue weighted by atomic mass is 10.1. The number of anilines is 1. The first-order valence-corrected chi connectivity index (χ1v) is 7.43. The molecule has 1 atom stereocenters. The van der Waals surface area contributed by atoms with Crippen LogP contribution in [-0.4, -0.2) is 48.9 Å². The van der Waals surface area contributed by atoms with Gasteiger partial charge in [0, 0.05) is 30.7 Å². The molecule has 0 aromatic heterocycles. The van der Waals surface area contributed by atoms with Crippen molar-refractivity contribution in [1.82, 2.24) is 10.2 Å². The Labute approximate surface area is 130 Å². The van der Waals surface area contributed by atoms with Gasteiger partial charge in [-0.3, -0.25) is 9.59 Å². The minimum Gasteiger partial charge on any atom is -0.367 e. The van der Waals surface area contributed by atoms with Gasteiger partial charge in [0.25, 0.3) is 0 Å². The zero-order valence-corrected chi connectivity index (χ0v) is 12.8. The summed E-state index contributed by atoms with van der Waals surface area (Å²) in [5.41, 5.74) is 1.47. The first-order chi connectivity index (χ1) is 10.1. The molecular formula is C14H13BrN4O2. The van der Waals surface area contributed by atoms with Gasteiger partial charge in [-0.25, -0.2) is 0 Å². The number of amides is 2. The van der Waals surface area contributed by atoms with E-state index in [4.69, 9.17) is 0 Å². The van der Waals surface area contributed by atoms with E-state index in [-0.39, 0.29) is 6.04 Å². The Hall–Kier alpha value is -2.07.